The molecule has 2 saturated heterocycles. The molecule has 0 amide bonds. The summed E-state index contributed by atoms with van der Waals surface area (Å²) in [6.07, 6.45) is 8.46. The molecule has 0 spiro atoms. The quantitative estimate of drug-likeness (QED) is 0.695. The van der Waals surface area contributed by atoms with E-state index in [-0.39, 0.29) is 9.52 Å². The van der Waals surface area contributed by atoms with Crippen molar-refractivity contribution >= 4 is 9.52 Å². The molecule has 0 aromatic carbocycles. The maximum absolute atomic E-state index is 3.97. The summed E-state index contributed by atoms with van der Waals surface area (Å²) in [6.45, 7) is 14.3. The van der Waals surface area contributed by atoms with E-state index >= 15 is 0 Å². The van der Waals surface area contributed by atoms with Crippen LogP contribution in [0.3, 0.4) is 0 Å². The van der Waals surface area contributed by atoms with Crippen molar-refractivity contribution < 1.29 is 0 Å². The molecular weight excluding hydrogens is 260 g/mol. The Morgan fingerprint density at radius 1 is 1.00 bits per heavy atom. The zero-order valence-electron chi connectivity index (χ0n) is 13.7. The van der Waals surface area contributed by atoms with E-state index in [1.807, 2.05) is 0 Å². The van der Waals surface area contributed by atoms with E-state index < -0.39 is 0 Å². The largest absolute Gasteiger partial charge is 0.285 e. The number of hydrogen-bond acceptors (Lipinski definition) is 2. The standard InChI is InChI=1S/C17H34N2Si/c1-4-20-15-16(2)17(3,18-11-7-5-8-12-18)19-13-9-6-10-14-19/h4,16H,1,5-15,20H2,2-3H3. The summed E-state index contributed by atoms with van der Waals surface area (Å²) in [5.74, 6) is 0.781. The lowest BCUT2D eigenvalue weighted by atomic mass is 9.89. The van der Waals surface area contributed by atoms with Gasteiger partial charge in [0.25, 0.3) is 0 Å². The second-order valence-corrected chi connectivity index (χ2v) is 8.69. The third-order valence-corrected chi connectivity index (χ3v) is 7.34. The van der Waals surface area contributed by atoms with Gasteiger partial charge in [0.1, 0.15) is 0 Å². The summed E-state index contributed by atoms with van der Waals surface area (Å²) < 4.78 is 0. The summed E-state index contributed by atoms with van der Waals surface area (Å²) in [6, 6.07) is 1.41. The van der Waals surface area contributed by atoms with Crippen LogP contribution >= 0.6 is 0 Å². The predicted octanol–water partition coefficient (Wildman–Crippen LogP) is 3.04. The van der Waals surface area contributed by atoms with Gasteiger partial charge < -0.3 is 0 Å². The first-order chi connectivity index (χ1) is 9.69. The predicted molar refractivity (Wildman–Crippen MR) is 92.0 cm³/mol. The lowest BCUT2D eigenvalue weighted by molar-refractivity contribution is -0.0948. The Labute approximate surface area is 128 Å². The summed E-state index contributed by atoms with van der Waals surface area (Å²) >= 11 is 0. The van der Waals surface area contributed by atoms with Crippen LogP contribution < -0.4 is 0 Å². The Bertz CT molecular complexity index is 275. The van der Waals surface area contributed by atoms with Crippen LogP contribution in [0.15, 0.2) is 12.3 Å². The van der Waals surface area contributed by atoms with Gasteiger partial charge in [0, 0.05) is 9.52 Å². The first kappa shape index (κ1) is 16.3. The highest BCUT2D eigenvalue weighted by atomic mass is 28.2. The fourth-order valence-corrected chi connectivity index (χ4v) is 5.44. The van der Waals surface area contributed by atoms with Gasteiger partial charge in [-0.1, -0.05) is 25.8 Å². The number of rotatable bonds is 6. The molecule has 2 rings (SSSR count). The highest BCUT2D eigenvalue weighted by Gasteiger charge is 2.42. The molecular formula is C17H34N2Si. The van der Waals surface area contributed by atoms with Gasteiger partial charge >= 0.3 is 0 Å². The Morgan fingerprint density at radius 2 is 1.45 bits per heavy atom. The van der Waals surface area contributed by atoms with Gasteiger partial charge in [-0.05, 0) is 64.7 Å². The van der Waals surface area contributed by atoms with Crippen molar-refractivity contribution in [3.63, 3.8) is 0 Å². The highest BCUT2D eigenvalue weighted by Crippen LogP contribution is 2.35. The molecule has 0 aromatic rings. The molecule has 2 aliphatic heterocycles. The van der Waals surface area contributed by atoms with Crippen LogP contribution in [0, 0.1) is 5.92 Å². The SMILES string of the molecule is C=C[SiH2]CC(C)C(C)(N1CCCCC1)N1CCCCC1. The van der Waals surface area contributed by atoms with E-state index in [1.165, 1.54) is 70.7 Å². The monoisotopic (exact) mass is 294 g/mol. The van der Waals surface area contributed by atoms with E-state index in [0.29, 0.717) is 5.66 Å². The van der Waals surface area contributed by atoms with E-state index in [4.69, 9.17) is 0 Å². The van der Waals surface area contributed by atoms with Crippen LogP contribution in [0.25, 0.3) is 0 Å². The molecule has 3 heteroatoms. The summed E-state index contributed by atoms with van der Waals surface area (Å²) in [4.78, 5) is 5.65. The molecule has 0 bridgehead atoms. The fraction of sp³-hybridized carbons (Fsp3) is 0.882. The molecule has 20 heavy (non-hydrogen) atoms. The van der Waals surface area contributed by atoms with E-state index in [2.05, 4.69) is 35.9 Å². The Balaban J connectivity index is 2.13. The molecule has 0 saturated carbocycles. The number of piperidine rings is 2. The molecule has 1 atom stereocenters. The van der Waals surface area contributed by atoms with Crippen molar-refractivity contribution in [3.05, 3.63) is 12.3 Å². The maximum Gasteiger partial charge on any atom is 0.0732 e. The lowest BCUT2D eigenvalue weighted by Crippen LogP contribution is -2.64. The van der Waals surface area contributed by atoms with Crippen molar-refractivity contribution in [1.82, 2.24) is 9.80 Å². The van der Waals surface area contributed by atoms with Crippen LogP contribution in [0.5, 0.6) is 0 Å². The minimum atomic E-state index is -0.0661. The van der Waals surface area contributed by atoms with Crippen LogP contribution in [0.2, 0.25) is 6.04 Å². The van der Waals surface area contributed by atoms with E-state index in [9.17, 15) is 0 Å². The molecule has 116 valence electrons. The molecule has 2 heterocycles. The van der Waals surface area contributed by atoms with E-state index in [0.717, 1.165) is 5.92 Å². The molecule has 0 N–H and O–H groups in total. The normalized spacial score (nSPS) is 25.1. The molecule has 0 aromatic heterocycles. The molecule has 0 radical (unpaired) electrons. The van der Waals surface area contributed by atoms with Crippen molar-refractivity contribution in [2.24, 2.45) is 5.92 Å². The number of hydrogen-bond donors (Lipinski definition) is 0. The van der Waals surface area contributed by atoms with Gasteiger partial charge in [-0.15, -0.1) is 12.3 Å². The average molecular weight is 295 g/mol. The van der Waals surface area contributed by atoms with Gasteiger partial charge in [-0.3, -0.25) is 9.80 Å². The average Bonchev–Trinajstić information content (AvgIpc) is 2.53. The van der Waals surface area contributed by atoms with E-state index in [1.54, 1.807) is 0 Å². The minimum Gasteiger partial charge on any atom is -0.285 e. The maximum atomic E-state index is 3.97. The zero-order chi connectivity index (χ0) is 14.4. The molecule has 1 unspecified atom stereocenters. The van der Waals surface area contributed by atoms with Crippen LogP contribution in [-0.2, 0) is 0 Å². The zero-order valence-corrected chi connectivity index (χ0v) is 15.2. The van der Waals surface area contributed by atoms with Crippen molar-refractivity contribution in [1.29, 1.82) is 0 Å². The third kappa shape index (κ3) is 3.55. The second kappa shape index (κ2) is 7.76. The van der Waals surface area contributed by atoms with Gasteiger partial charge in [0.15, 0.2) is 0 Å². The number of nitrogens with zero attached hydrogens (tertiary/aromatic N) is 2. The van der Waals surface area contributed by atoms with Gasteiger partial charge in [0.05, 0.1) is 5.66 Å². The Kier molecular flexibility index (Phi) is 6.31. The first-order valence-corrected chi connectivity index (χ1v) is 10.6. The molecule has 2 aliphatic rings. The first-order valence-electron chi connectivity index (χ1n) is 8.80. The third-order valence-electron chi connectivity index (χ3n) is 5.73. The van der Waals surface area contributed by atoms with Gasteiger partial charge in [-0.2, -0.15) is 0 Å². The van der Waals surface area contributed by atoms with Crippen molar-refractivity contribution in [2.45, 2.75) is 64.1 Å². The smallest absolute Gasteiger partial charge is 0.0732 e. The molecule has 2 nitrogen and oxygen atoms in total. The molecule has 0 aliphatic carbocycles. The van der Waals surface area contributed by atoms with Crippen LogP contribution in [-0.4, -0.2) is 51.2 Å². The summed E-state index contributed by atoms with van der Waals surface area (Å²) in [7, 11) is -0.0661. The van der Waals surface area contributed by atoms with Gasteiger partial charge in [-0.25, -0.2) is 0 Å². The Hall–Kier alpha value is -0.123. The fourth-order valence-electron chi connectivity index (χ4n) is 4.16. The van der Waals surface area contributed by atoms with Gasteiger partial charge in [0.2, 0.25) is 0 Å². The topological polar surface area (TPSA) is 6.48 Å². The second-order valence-electron chi connectivity index (χ2n) is 6.96. The summed E-state index contributed by atoms with van der Waals surface area (Å²) in [5.41, 5.74) is 2.53. The highest BCUT2D eigenvalue weighted by molar-refractivity contribution is 6.41. The van der Waals surface area contributed by atoms with Crippen LogP contribution in [0.1, 0.15) is 52.4 Å². The Morgan fingerprint density at radius 3 is 1.85 bits per heavy atom. The number of likely N-dealkylation sites (tertiary alicyclic amines) is 2. The van der Waals surface area contributed by atoms with Crippen LogP contribution in [0.4, 0.5) is 0 Å². The minimum absolute atomic E-state index is 0.0661. The lowest BCUT2D eigenvalue weighted by Gasteiger charge is -2.55. The van der Waals surface area contributed by atoms with Crippen molar-refractivity contribution in [3.8, 4) is 0 Å². The summed E-state index contributed by atoms with van der Waals surface area (Å²) in [5, 5.41) is 0. The molecule has 2 fully saturated rings. The van der Waals surface area contributed by atoms with Crippen molar-refractivity contribution in [2.75, 3.05) is 26.2 Å².